The first-order chi connectivity index (χ1) is 12.3. The van der Waals surface area contributed by atoms with Gasteiger partial charge in [-0.1, -0.05) is 18.2 Å². The van der Waals surface area contributed by atoms with E-state index in [4.69, 9.17) is 4.74 Å². The summed E-state index contributed by atoms with van der Waals surface area (Å²) in [5, 5.41) is 6.45. The van der Waals surface area contributed by atoms with Crippen LogP contribution in [0.5, 0.6) is 5.75 Å². The van der Waals surface area contributed by atoms with Crippen LogP contribution in [0.4, 0.5) is 18.0 Å². The number of amides is 3. The Bertz CT molecular complexity index is 617. The molecule has 0 bridgehead atoms. The molecule has 0 aliphatic heterocycles. The van der Waals surface area contributed by atoms with Gasteiger partial charge in [0.05, 0.1) is 12.6 Å². The summed E-state index contributed by atoms with van der Waals surface area (Å²) in [6, 6.07) is 6.67. The number of ether oxygens (including phenoxy) is 1. The summed E-state index contributed by atoms with van der Waals surface area (Å²) in [5.41, 5.74) is 0.788. The van der Waals surface area contributed by atoms with E-state index in [0.29, 0.717) is 5.75 Å². The zero-order chi connectivity index (χ0) is 19.0. The highest BCUT2D eigenvalue weighted by Gasteiger charge is 2.27. The molecule has 1 aliphatic carbocycles. The Morgan fingerprint density at radius 1 is 1.08 bits per heavy atom. The summed E-state index contributed by atoms with van der Waals surface area (Å²) in [6.07, 6.45) is 0.00144. The molecule has 1 fully saturated rings. The molecule has 1 saturated carbocycles. The molecule has 0 saturated heterocycles. The summed E-state index contributed by atoms with van der Waals surface area (Å²) >= 11 is 0. The van der Waals surface area contributed by atoms with Crippen molar-refractivity contribution in [3.05, 3.63) is 29.8 Å². The quantitative estimate of drug-likeness (QED) is 0.687. The van der Waals surface area contributed by atoms with Gasteiger partial charge in [0.2, 0.25) is 5.91 Å². The third-order valence-corrected chi connectivity index (χ3v) is 3.90. The molecule has 1 aromatic carbocycles. The maximum Gasteiger partial charge on any atom is 0.405 e. The molecule has 0 unspecified atom stereocenters. The first-order valence-electron chi connectivity index (χ1n) is 8.43. The van der Waals surface area contributed by atoms with Crippen molar-refractivity contribution < 1.29 is 27.5 Å². The number of benzene rings is 1. The average molecular weight is 373 g/mol. The molecule has 144 valence electrons. The van der Waals surface area contributed by atoms with Gasteiger partial charge in [-0.2, -0.15) is 13.2 Å². The Morgan fingerprint density at radius 3 is 2.46 bits per heavy atom. The Hall–Kier alpha value is -2.45. The van der Waals surface area contributed by atoms with E-state index in [0.717, 1.165) is 31.2 Å². The van der Waals surface area contributed by atoms with E-state index in [1.807, 2.05) is 24.3 Å². The van der Waals surface area contributed by atoms with Crippen LogP contribution in [0.25, 0.3) is 0 Å². The first-order valence-corrected chi connectivity index (χ1v) is 8.43. The SMILES string of the molecule is O=C(CNC(=O)NCc1ccccc1OC1CCCC1)NCC(F)(F)F. The van der Waals surface area contributed by atoms with E-state index in [1.54, 1.807) is 5.32 Å². The zero-order valence-corrected chi connectivity index (χ0v) is 14.2. The van der Waals surface area contributed by atoms with E-state index < -0.39 is 31.2 Å². The monoisotopic (exact) mass is 373 g/mol. The molecule has 1 aliphatic rings. The lowest BCUT2D eigenvalue weighted by molar-refractivity contribution is -0.137. The molecular weight excluding hydrogens is 351 g/mol. The van der Waals surface area contributed by atoms with Crippen LogP contribution in [0.15, 0.2) is 24.3 Å². The van der Waals surface area contributed by atoms with Gasteiger partial charge in [0.15, 0.2) is 0 Å². The fourth-order valence-corrected chi connectivity index (χ4v) is 2.61. The highest BCUT2D eigenvalue weighted by Crippen LogP contribution is 2.26. The van der Waals surface area contributed by atoms with Crippen molar-refractivity contribution >= 4 is 11.9 Å². The largest absolute Gasteiger partial charge is 0.490 e. The Kier molecular flexibility index (Phi) is 7.11. The molecule has 9 heteroatoms. The van der Waals surface area contributed by atoms with E-state index in [9.17, 15) is 22.8 Å². The van der Waals surface area contributed by atoms with Crippen LogP contribution in [0.1, 0.15) is 31.2 Å². The van der Waals surface area contributed by atoms with E-state index >= 15 is 0 Å². The number of nitrogens with one attached hydrogen (secondary N) is 3. The normalized spacial score (nSPS) is 14.7. The second-order valence-corrected chi connectivity index (χ2v) is 6.06. The van der Waals surface area contributed by atoms with Crippen LogP contribution in [-0.2, 0) is 11.3 Å². The third kappa shape index (κ3) is 7.20. The van der Waals surface area contributed by atoms with Gasteiger partial charge in [0.25, 0.3) is 0 Å². The lowest BCUT2D eigenvalue weighted by Gasteiger charge is -2.17. The van der Waals surface area contributed by atoms with Gasteiger partial charge in [-0.3, -0.25) is 4.79 Å². The molecule has 6 nitrogen and oxygen atoms in total. The summed E-state index contributed by atoms with van der Waals surface area (Å²) in [5.74, 6) is -0.218. The molecule has 0 radical (unpaired) electrons. The van der Waals surface area contributed by atoms with Crippen LogP contribution in [-0.4, -0.2) is 37.3 Å². The summed E-state index contributed by atoms with van der Waals surface area (Å²) in [4.78, 5) is 23.0. The molecule has 0 atom stereocenters. The number of hydrogen-bond acceptors (Lipinski definition) is 3. The van der Waals surface area contributed by atoms with Gasteiger partial charge in [0, 0.05) is 12.1 Å². The standard InChI is InChI=1S/C17H22F3N3O3/c18-17(19,20)11-23-15(24)10-22-16(25)21-9-12-5-1-4-8-14(12)26-13-6-2-3-7-13/h1,4-5,8,13H,2-3,6-7,9-11H2,(H,23,24)(H2,21,22,25). The minimum absolute atomic E-state index is 0.179. The number of urea groups is 1. The molecule has 0 spiro atoms. The fraction of sp³-hybridized carbons (Fsp3) is 0.529. The number of halogens is 3. The van der Waals surface area contributed by atoms with Crippen LogP contribution in [0.2, 0.25) is 0 Å². The smallest absolute Gasteiger partial charge is 0.405 e. The molecule has 0 aromatic heterocycles. The Balaban J connectivity index is 1.74. The molecule has 3 amide bonds. The van der Waals surface area contributed by atoms with Crippen molar-refractivity contribution in [2.45, 2.75) is 44.5 Å². The van der Waals surface area contributed by atoms with Gasteiger partial charge >= 0.3 is 12.2 Å². The molecule has 2 rings (SSSR count). The van der Waals surface area contributed by atoms with Gasteiger partial charge in [-0.05, 0) is 31.7 Å². The zero-order valence-electron chi connectivity index (χ0n) is 14.2. The number of para-hydroxylation sites is 1. The molecule has 1 aromatic rings. The Labute approximate surface area is 149 Å². The fourth-order valence-electron chi connectivity index (χ4n) is 2.61. The van der Waals surface area contributed by atoms with Gasteiger partial charge in [-0.25, -0.2) is 4.79 Å². The first kappa shape index (κ1) is 19.9. The lowest BCUT2D eigenvalue weighted by atomic mass is 10.2. The lowest BCUT2D eigenvalue weighted by Crippen LogP contribution is -2.43. The van der Waals surface area contributed by atoms with Crippen molar-refractivity contribution in [2.24, 2.45) is 0 Å². The van der Waals surface area contributed by atoms with Crippen molar-refractivity contribution in [3.63, 3.8) is 0 Å². The highest BCUT2D eigenvalue weighted by molar-refractivity contribution is 5.83. The van der Waals surface area contributed by atoms with Gasteiger partial charge < -0.3 is 20.7 Å². The summed E-state index contributed by atoms with van der Waals surface area (Å²) in [7, 11) is 0. The minimum Gasteiger partial charge on any atom is -0.490 e. The Morgan fingerprint density at radius 2 is 1.77 bits per heavy atom. The average Bonchev–Trinajstić information content (AvgIpc) is 3.10. The maximum absolute atomic E-state index is 12.0. The van der Waals surface area contributed by atoms with Crippen LogP contribution in [0.3, 0.4) is 0 Å². The second kappa shape index (κ2) is 9.30. The predicted molar refractivity (Wildman–Crippen MR) is 88.6 cm³/mol. The minimum atomic E-state index is -4.49. The molecule has 0 heterocycles. The third-order valence-electron chi connectivity index (χ3n) is 3.90. The van der Waals surface area contributed by atoms with Crippen molar-refractivity contribution in [2.75, 3.05) is 13.1 Å². The number of carbonyl (C=O) groups excluding carboxylic acids is 2. The number of carbonyl (C=O) groups is 2. The topological polar surface area (TPSA) is 79.5 Å². The van der Waals surface area contributed by atoms with Crippen LogP contribution >= 0.6 is 0 Å². The van der Waals surface area contributed by atoms with E-state index in [2.05, 4.69) is 10.6 Å². The van der Waals surface area contributed by atoms with Crippen LogP contribution < -0.4 is 20.7 Å². The summed E-state index contributed by atoms with van der Waals surface area (Å²) in [6.45, 7) is -1.79. The second-order valence-electron chi connectivity index (χ2n) is 6.06. The van der Waals surface area contributed by atoms with Crippen LogP contribution in [0, 0.1) is 0 Å². The maximum atomic E-state index is 12.0. The highest BCUT2D eigenvalue weighted by atomic mass is 19.4. The molecule has 26 heavy (non-hydrogen) atoms. The predicted octanol–water partition coefficient (Wildman–Crippen LogP) is 2.49. The van der Waals surface area contributed by atoms with Gasteiger partial charge in [-0.15, -0.1) is 0 Å². The summed E-state index contributed by atoms with van der Waals surface area (Å²) < 4.78 is 41.9. The molecular formula is C17H22F3N3O3. The van der Waals surface area contributed by atoms with E-state index in [1.165, 1.54) is 0 Å². The number of alkyl halides is 3. The van der Waals surface area contributed by atoms with Gasteiger partial charge in [0.1, 0.15) is 12.3 Å². The van der Waals surface area contributed by atoms with Crippen molar-refractivity contribution in [1.82, 2.24) is 16.0 Å². The number of hydrogen-bond donors (Lipinski definition) is 3. The van der Waals surface area contributed by atoms with Crippen molar-refractivity contribution in [1.29, 1.82) is 0 Å². The van der Waals surface area contributed by atoms with Crippen molar-refractivity contribution in [3.8, 4) is 5.75 Å². The van der Waals surface area contributed by atoms with E-state index in [-0.39, 0.29) is 12.6 Å². The number of rotatable bonds is 7. The molecule has 3 N–H and O–H groups in total.